The Labute approximate surface area is 141 Å². The van der Waals surface area contributed by atoms with Gasteiger partial charge in [-0.05, 0) is 12.5 Å². The molecule has 1 aromatic heterocycles. The molecule has 0 N–H and O–H groups in total. The zero-order valence-electron chi connectivity index (χ0n) is 13.8. The lowest BCUT2D eigenvalue weighted by Gasteiger charge is -2.16. The van der Waals surface area contributed by atoms with Crippen LogP contribution < -0.4 is 0 Å². The zero-order chi connectivity index (χ0) is 17.2. The quantitative estimate of drug-likeness (QED) is 0.785. The van der Waals surface area contributed by atoms with Crippen molar-refractivity contribution < 1.29 is 17.7 Å². The Balaban J connectivity index is 1.79. The van der Waals surface area contributed by atoms with E-state index in [4.69, 9.17) is 9.26 Å². The van der Waals surface area contributed by atoms with E-state index < -0.39 is 10.0 Å². The molecule has 1 aliphatic rings. The van der Waals surface area contributed by atoms with Gasteiger partial charge in [-0.2, -0.15) is 4.98 Å². The van der Waals surface area contributed by atoms with E-state index in [2.05, 4.69) is 10.1 Å². The summed E-state index contributed by atoms with van der Waals surface area (Å²) in [5.74, 6) is 0.874. The van der Waals surface area contributed by atoms with Crippen molar-refractivity contribution in [2.45, 2.75) is 18.6 Å². The number of ether oxygens (including phenoxy) is 1. The van der Waals surface area contributed by atoms with Gasteiger partial charge in [0, 0.05) is 26.1 Å². The molecule has 8 heteroatoms. The molecule has 2 unspecified atom stereocenters. The van der Waals surface area contributed by atoms with Gasteiger partial charge in [0.2, 0.25) is 15.9 Å². The SMILES string of the molecule is COCC1CN(S(=O)(=O)Cc2ccccc2)CC1c1nc(C)no1. The van der Waals surface area contributed by atoms with Crippen molar-refractivity contribution in [2.24, 2.45) is 5.92 Å². The number of hydrogen-bond donors (Lipinski definition) is 0. The maximum absolute atomic E-state index is 12.8. The van der Waals surface area contributed by atoms with Crippen molar-refractivity contribution in [1.29, 1.82) is 0 Å². The second kappa shape index (κ2) is 7.00. The normalized spacial score (nSPS) is 22.1. The Morgan fingerprint density at radius 1 is 1.29 bits per heavy atom. The van der Waals surface area contributed by atoms with Gasteiger partial charge in [-0.1, -0.05) is 35.5 Å². The monoisotopic (exact) mass is 351 g/mol. The summed E-state index contributed by atoms with van der Waals surface area (Å²) in [6.07, 6.45) is 0. The number of methoxy groups -OCH3 is 1. The summed E-state index contributed by atoms with van der Waals surface area (Å²) >= 11 is 0. The van der Waals surface area contributed by atoms with Crippen molar-refractivity contribution >= 4 is 10.0 Å². The average Bonchev–Trinajstić information content (AvgIpc) is 3.15. The fourth-order valence-corrected chi connectivity index (χ4v) is 4.66. The van der Waals surface area contributed by atoms with Crippen LogP contribution in [0.1, 0.15) is 23.2 Å². The van der Waals surface area contributed by atoms with Crippen molar-refractivity contribution in [1.82, 2.24) is 14.4 Å². The lowest BCUT2D eigenvalue weighted by Crippen LogP contribution is -2.30. The standard InChI is InChI=1S/C16H21N3O4S/c1-12-17-16(23-18-12)15-9-19(8-14(15)10-22-2)24(20,21)11-13-6-4-3-5-7-13/h3-7,14-15H,8-11H2,1-2H3. The molecule has 0 amide bonds. The van der Waals surface area contributed by atoms with Crippen molar-refractivity contribution in [3.63, 3.8) is 0 Å². The summed E-state index contributed by atoms with van der Waals surface area (Å²) in [6, 6.07) is 9.19. The molecular formula is C16H21N3O4S. The molecule has 1 saturated heterocycles. The molecule has 1 fully saturated rings. The number of nitrogens with zero attached hydrogens (tertiary/aromatic N) is 3. The summed E-state index contributed by atoms with van der Waals surface area (Å²) in [5.41, 5.74) is 0.776. The molecule has 2 aromatic rings. The van der Waals surface area contributed by atoms with Crippen LogP contribution in [0.5, 0.6) is 0 Å². The van der Waals surface area contributed by atoms with E-state index in [1.165, 1.54) is 4.31 Å². The fraction of sp³-hybridized carbons (Fsp3) is 0.500. The summed E-state index contributed by atoms with van der Waals surface area (Å²) in [7, 11) is -1.80. The number of sulfonamides is 1. The zero-order valence-corrected chi connectivity index (χ0v) is 14.6. The van der Waals surface area contributed by atoms with Gasteiger partial charge in [0.1, 0.15) is 0 Å². The second-order valence-electron chi connectivity index (χ2n) is 6.06. The van der Waals surface area contributed by atoms with E-state index in [1.54, 1.807) is 14.0 Å². The van der Waals surface area contributed by atoms with Crippen LogP contribution in [-0.2, 0) is 20.5 Å². The van der Waals surface area contributed by atoms with Crippen LogP contribution in [0, 0.1) is 12.8 Å². The largest absolute Gasteiger partial charge is 0.384 e. The minimum atomic E-state index is -3.41. The van der Waals surface area contributed by atoms with Crippen LogP contribution in [0.4, 0.5) is 0 Å². The molecule has 1 aromatic carbocycles. The highest BCUT2D eigenvalue weighted by atomic mass is 32.2. The summed E-state index contributed by atoms with van der Waals surface area (Å²) in [6.45, 7) is 2.93. The first-order valence-electron chi connectivity index (χ1n) is 7.80. The van der Waals surface area contributed by atoms with Gasteiger partial charge in [0.05, 0.1) is 18.3 Å². The van der Waals surface area contributed by atoms with Gasteiger partial charge in [-0.25, -0.2) is 12.7 Å². The number of hydrogen-bond acceptors (Lipinski definition) is 6. The Kier molecular flexibility index (Phi) is 4.98. The molecule has 2 atom stereocenters. The number of benzene rings is 1. The first-order chi connectivity index (χ1) is 11.5. The van der Waals surface area contributed by atoms with Gasteiger partial charge in [-0.15, -0.1) is 0 Å². The van der Waals surface area contributed by atoms with Gasteiger partial charge in [0.15, 0.2) is 5.82 Å². The first kappa shape index (κ1) is 17.1. The van der Waals surface area contributed by atoms with Crippen LogP contribution in [0.25, 0.3) is 0 Å². The third-order valence-corrected chi connectivity index (χ3v) is 6.02. The maximum Gasteiger partial charge on any atom is 0.231 e. The predicted molar refractivity (Wildman–Crippen MR) is 87.8 cm³/mol. The van der Waals surface area contributed by atoms with Crippen molar-refractivity contribution in [2.75, 3.05) is 26.8 Å². The third-order valence-electron chi connectivity index (χ3n) is 4.23. The van der Waals surface area contributed by atoms with E-state index in [9.17, 15) is 8.42 Å². The Hall–Kier alpha value is -1.77. The Morgan fingerprint density at radius 2 is 2.04 bits per heavy atom. The molecule has 3 rings (SSSR count). The molecule has 130 valence electrons. The van der Waals surface area contributed by atoms with Crippen LogP contribution in [0.15, 0.2) is 34.9 Å². The Morgan fingerprint density at radius 3 is 2.67 bits per heavy atom. The summed E-state index contributed by atoms with van der Waals surface area (Å²) in [4.78, 5) is 4.27. The molecule has 24 heavy (non-hydrogen) atoms. The molecule has 0 bridgehead atoms. The van der Waals surface area contributed by atoms with Gasteiger partial charge < -0.3 is 9.26 Å². The van der Waals surface area contributed by atoms with E-state index in [-0.39, 0.29) is 17.6 Å². The van der Waals surface area contributed by atoms with Gasteiger partial charge in [0.25, 0.3) is 0 Å². The average molecular weight is 351 g/mol. The van der Waals surface area contributed by atoms with Crippen LogP contribution in [-0.4, -0.2) is 49.7 Å². The van der Waals surface area contributed by atoms with Gasteiger partial charge in [-0.3, -0.25) is 0 Å². The lowest BCUT2D eigenvalue weighted by atomic mass is 9.97. The smallest absolute Gasteiger partial charge is 0.231 e. The van der Waals surface area contributed by atoms with Crippen molar-refractivity contribution in [3.05, 3.63) is 47.6 Å². The number of aromatic nitrogens is 2. The molecule has 0 aliphatic carbocycles. The number of aryl methyl sites for hydroxylation is 1. The highest BCUT2D eigenvalue weighted by molar-refractivity contribution is 7.88. The first-order valence-corrected chi connectivity index (χ1v) is 9.41. The van der Waals surface area contributed by atoms with Crippen molar-refractivity contribution in [3.8, 4) is 0 Å². The topological polar surface area (TPSA) is 85.5 Å². The second-order valence-corrected chi connectivity index (χ2v) is 8.03. The predicted octanol–water partition coefficient (Wildman–Crippen LogP) is 1.57. The summed E-state index contributed by atoms with van der Waals surface area (Å²) < 4.78 is 37.5. The van der Waals surface area contributed by atoms with E-state index in [1.807, 2.05) is 30.3 Å². The summed E-state index contributed by atoms with van der Waals surface area (Å²) in [5, 5.41) is 3.82. The van der Waals surface area contributed by atoms with E-state index in [0.29, 0.717) is 31.4 Å². The van der Waals surface area contributed by atoms with Gasteiger partial charge >= 0.3 is 0 Å². The highest BCUT2D eigenvalue weighted by Gasteiger charge is 2.42. The molecular weight excluding hydrogens is 330 g/mol. The highest BCUT2D eigenvalue weighted by Crippen LogP contribution is 2.34. The molecule has 1 aliphatic heterocycles. The minimum Gasteiger partial charge on any atom is -0.384 e. The molecule has 2 heterocycles. The van der Waals surface area contributed by atoms with E-state index >= 15 is 0 Å². The fourth-order valence-electron chi connectivity index (χ4n) is 3.06. The maximum atomic E-state index is 12.8. The third kappa shape index (κ3) is 3.66. The molecule has 0 spiro atoms. The van der Waals surface area contributed by atoms with Crippen LogP contribution in [0.3, 0.4) is 0 Å². The Bertz CT molecular complexity index is 776. The lowest BCUT2D eigenvalue weighted by molar-refractivity contribution is 0.145. The van der Waals surface area contributed by atoms with E-state index in [0.717, 1.165) is 5.56 Å². The minimum absolute atomic E-state index is 0.000369. The molecule has 0 saturated carbocycles. The number of rotatable bonds is 6. The molecule has 7 nitrogen and oxygen atoms in total. The van der Waals surface area contributed by atoms with Crippen LogP contribution in [0.2, 0.25) is 0 Å². The molecule has 0 radical (unpaired) electrons. The van der Waals surface area contributed by atoms with Crippen LogP contribution >= 0.6 is 0 Å².